The van der Waals surface area contributed by atoms with E-state index in [0.717, 1.165) is 29.6 Å². The van der Waals surface area contributed by atoms with E-state index < -0.39 is 0 Å². The molecule has 1 aliphatic heterocycles. The molecule has 2 atom stereocenters. The van der Waals surface area contributed by atoms with E-state index in [9.17, 15) is 4.79 Å². The van der Waals surface area contributed by atoms with Crippen LogP contribution in [0.5, 0.6) is 0 Å². The van der Waals surface area contributed by atoms with Crippen LogP contribution in [-0.4, -0.2) is 18.9 Å². The SMILES string of the molecule is Cc1cccc2cc(C(=O)C3CNCC3C)oc12. The Balaban J connectivity index is 1.99. The number of carbonyl (C=O) groups is 1. The number of carbonyl (C=O) groups excluding carboxylic acids is 1. The molecule has 0 aliphatic carbocycles. The predicted octanol–water partition coefficient (Wildman–Crippen LogP) is 2.78. The third-order valence-electron chi connectivity index (χ3n) is 3.84. The lowest BCUT2D eigenvalue weighted by Gasteiger charge is -2.10. The molecule has 1 fully saturated rings. The maximum Gasteiger partial charge on any atom is 0.202 e. The van der Waals surface area contributed by atoms with E-state index in [1.165, 1.54) is 0 Å². The Kier molecular flexibility index (Phi) is 2.71. The van der Waals surface area contributed by atoms with Crippen LogP contribution in [0, 0.1) is 18.8 Å². The molecule has 0 amide bonds. The first-order valence-corrected chi connectivity index (χ1v) is 6.41. The molecule has 3 nitrogen and oxygen atoms in total. The van der Waals surface area contributed by atoms with Crippen molar-refractivity contribution in [2.24, 2.45) is 11.8 Å². The molecule has 1 aromatic heterocycles. The monoisotopic (exact) mass is 243 g/mol. The van der Waals surface area contributed by atoms with Gasteiger partial charge in [0.05, 0.1) is 0 Å². The summed E-state index contributed by atoms with van der Waals surface area (Å²) < 4.78 is 5.74. The van der Waals surface area contributed by atoms with Crippen molar-refractivity contribution in [1.82, 2.24) is 5.32 Å². The predicted molar refractivity (Wildman–Crippen MR) is 70.8 cm³/mol. The first-order valence-electron chi connectivity index (χ1n) is 6.41. The highest BCUT2D eigenvalue weighted by Crippen LogP contribution is 2.27. The molecule has 3 rings (SSSR count). The summed E-state index contributed by atoms with van der Waals surface area (Å²) >= 11 is 0. The topological polar surface area (TPSA) is 42.2 Å². The molecule has 94 valence electrons. The maximum absolute atomic E-state index is 12.4. The summed E-state index contributed by atoms with van der Waals surface area (Å²) in [6.07, 6.45) is 0. The zero-order valence-electron chi connectivity index (χ0n) is 10.7. The Morgan fingerprint density at radius 1 is 1.39 bits per heavy atom. The van der Waals surface area contributed by atoms with Gasteiger partial charge in [0.2, 0.25) is 5.78 Å². The van der Waals surface area contributed by atoms with Crippen LogP contribution in [0.2, 0.25) is 0 Å². The van der Waals surface area contributed by atoms with Crippen molar-refractivity contribution in [3.8, 4) is 0 Å². The lowest BCUT2D eigenvalue weighted by atomic mass is 9.92. The summed E-state index contributed by atoms with van der Waals surface area (Å²) in [6, 6.07) is 7.84. The summed E-state index contributed by atoms with van der Waals surface area (Å²) in [5, 5.41) is 4.27. The molecule has 1 aromatic carbocycles. The molecule has 0 radical (unpaired) electrons. The van der Waals surface area contributed by atoms with Gasteiger partial charge in [-0.05, 0) is 31.0 Å². The Bertz CT molecular complexity index is 600. The van der Waals surface area contributed by atoms with Gasteiger partial charge in [0.1, 0.15) is 5.58 Å². The minimum absolute atomic E-state index is 0.0471. The molecular formula is C15H17NO2. The van der Waals surface area contributed by atoms with Crippen LogP contribution in [0.3, 0.4) is 0 Å². The molecule has 18 heavy (non-hydrogen) atoms. The van der Waals surface area contributed by atoms with Crippen LogP contribution in [0.15, 0.2) is 28.7 Å². The van der Waals surface area contributed by atoms with Gasteiger partial charge in [-0.2, -0.15) is 0 Å². The molecule has 2 heterocycles. The number of rotatable bonds is 2. The van der Waals surface area contributed by atoms with Gasteiger partial charge < -0.3 is 9.73 Å². The summed E-state index contributed by atoms with van der Waals surface area (Å²) in [7, 11) is 0. The van der Waals surface area contributed by atoms with E-state index in [1.807, 2.05) is 31.2 Å². The fourth-order valence-electron chi connectivity index (χ4n) is 2.67. The number of hydrogen-bond donors (Lipinski definition) is 1. The number of nitrogens with one attached hydrogen (secondary N) is 1. The average molecular weight is 243 g/mol. The number of aryl methyl sites for hydroxylation is 1. The average Bonchev–Trinajstić information content (AvgIpc) is 2.95. The Hall–Kier alpha value is -1.61. The van der Waals surface area contributed by atoms with Crippen LogP contribution in [0.25, 0.3) is 11.0 Å². The highest BCUT2D eigenvalue weighted by atomic mass is 16.3. The number of furan rings is 1. The van der Waals surface area contributed by atoms with Gasteiger partial charge >= 0.3 is 0 Å². The lowest BCUT2D eigenvalue weighted by molar-refractivity contribution is 0.0881. The summed E-state index contributed by atoms with van der Waals surface area (Å²) in [5.74, 6) is 1.06. The van der Waals surface area contributed by atoms with Gasteiger partial charge in [0, 0.05) is 17.8 Å². The number of para-hydroxylation sites is 1. The van der Waals surface area contributed by atoms with Gasteiger partial charge in [0.25, 0.3) is 0 Å². The van der Waals surface area contributed by atoms with Crippen molar-refractivity contribution in [3.63, 3.8) is 0 Å². The van der Waals surface area contributed by atoms with Crippen molar-refractivity contribution >= 4 is 16.8 Å². The highest BCUT2D eigenvalue weighted by Gasteiger charge is 2.32. The van der Waals surface area contributed by atoms with E-state index in [1.54, 1.807) is 0 Å². The molecule has 1 N–H and O–H groups in total. The fourth-order valence-corrected chi connectivity index (χ4v) is 2.67. The second kappa shape index (κ2) is 4.25. The van der Waals surface area contributed by atoms with Gasteiger partial charge in [-0.25, -0.2) is 0 Å². The van der Waals surface area contributed by atoms with Gasteiger partial charge in [-0.1, -0.05) is 25.1 Å². The molecule has 0 bridgehead atoms. The normalized spacial score (nSPS) is 23.7. The van der Waals surface area contributed by atoms with Gasteiger partial charge in [-0.3, -0.25) is 4.79 Å². The molecular weight excluding hydrogens is 226 g/mol. The summed E-state index contributed by atoms with van der Waals surface area (Å²) in [5.41, 5.74) is 1.91. The van der Waals surface area contributed by atoms with E-state index >= 15 is 0 Å². The zero-order valence-corrected chi connectivity index (χ0v) is 10.7. The summed E-state index contributed by atoms with van der Waals surface area (Å²) in [6.45, 7) is 5.78. The van der Waals surface area contributed by atoms with E-state index in [2.05, 4.69) is 12.2 Å². The molecule has 1 saturated heterocycles. The number of hydrogen-bond acceptors (Lipinski definition) is 3. The van der Waals surface area contributed by atoms with Crippen molar-refractivity contribution in [1.29, 1.82) is 0 Å². The smallest absolute Gasteiger partial charge is 0.202 e. The summed E-state index contributed by atoms with van der Waals surface area (Å²) in [4.78, 5) is 12.4. The van der Waals surface area contributed by atoms with E-state index in [4.69, 9.17) is 4.42 Å². The standard InChI is InChI=1S/C15H17NO2/c1-9-4-3-5-11-6-13(18-15(9)11)14(17)12-8-16-7-10(12)2/h3-6,10,12,16H,7-8H2,1-2H3. The minimum Gasteiger partial charge on any atom is -0.453 e. The zero-order chi connectivity index (χ0) is 12.7. The fraction of sp³-hybridized carbons (Fsp3) is 0.400. The third-order valence-corrected chi connectivity index (χ3v) is 3.84. The minimum atomic E-state index is 0.0471. The Labute approximate surface area is 106 Å². The Morgan fingerprint density at radius 3 is 2.89 bits per heavy atom. The van der Waals surface area contributed by atoms with Gasteiger partial charge in [0.15, 0.2) is 5.76 Å². The number of ketones is 1. The quantitative estimate of drug-likeness (QED) is 0.825. The van der Waals surface area contributed by atoms with Crippen molar-refractivity contribution in [2.45, 2.75) is 13.8 Å². The third kappa shape index (κ3) is 1.75. The first-order chi connectivity index (χ1) is 8.66. The van der Waals surface area contributed by atoms with E-state index in [-0.39, 0.29) is 11.7 Å². The van der Waals surface area contributed by atoms with Crippen LogP contribution in [-0.2, 0) is 0 Å². The van der Waals surface area contributed by atoms with Crippen molar-refractivity contribution in [3.05, 3.63) is 35.6 Å². The maximum atomic E-state index is 12.4. The van der Waals surface area contributed by atoms with E-state index in [0.29, 0.717) is 11.7 Å². The number of fused-ring (bicyclic) bond motifs is 1. The molecule has 2 unspecified atom stereocenters. The molecule has 2 aromatic rings. The van der Waals surface area contributed by atoms with Crippen LogP contribution in [0.1, 0.15) is 23.0 Å². The Morgan fingerprint density at radius 2 is 2.22 bits per heavy atom. The molecule has 3 heteroatoms. The first kappa shape index (κ1) is 11.5. The second-order valence-electron chi connectivity index (χ2n) is 5.21. The van der Waals surface area contributed by atoms with Gasteiger partial charge in [-0.15, -0.1) is 0 Å². The molecule has 0 spiro atoms. The molecule has 0 saturated carbocycles. The largest absolute Gasteiger partial charge is 0.453 e. The molecule has 1 aliphatic rings. The lowest BCUT2D eigenvalue weighted by Crippen LogP contribution is -2.20. The second-order valence-corrected chi connectivity index (χ2v) is 5.21. The van der Waals surface area contributed by atoms with Crippen LogP contribution >= 0.6 is 0 Å². The van der Waals surface area contributed by atoms with Crippen molar-refractivity contribution < 1.29 is 9.21 Å². The number of Topliss-reactive ketones (excluding diaryl/α,β-unsaturated/α-hetero) is 1. The highest BCUT2D eigenvalue weighted by molar-refractivity contribution is 5.99. The van der Waals surface area contributed by atoms with Crippen molar-refractivity contribution in [2.75, 3.05) is 13.1 Å². The number of benzene rings is 1. The van der Waals surface area contributed by atoms with Crippen LogP contribution < -0.4 is 5.32 Å². The van der Waals surface area contributed by atoms with Crippen LogP contribution in [0.4, 0.5) is 0 Å².